The summed E-state index contributed by atoms with van der Waals surface area (Å²) in [7, 11) is 1.53. The molecule has 1 aliphatic heterocycles. The molecule has 0 aliphatic carbocycles. The first-order chi connectivity index (χ1) is 8.11. The zero-order chi connectivity index (χ0) is 12.4. The molecule has 4 heteroatoms. The summed E-state index contributed by atoms with van der Waals surface area (Å²) < 4.78 is 18.3. The lowest BCUT2D eigenvalue weighted by Crippen LogP contribution is -2.41. The van der Waals surface area contributed by atoms with Crippen molar-refractivity contribution in [2.45, 2.75) is 25.8 Å². The molecule has 0 saturated carbocycles. The van der Waals surface area contributed by atoms with Gasteiger partial charge < -0.3 is 9.64 Å². The van der Waals surface area contributed by atoms with Crippen LogP contribution in [0, 0.1) is 5.82 Å². The Morgan fingerprint density at radius 1 is 1.47 bits per heavy atom. The normalized spacial score (nSPS) is 20.5. The number of rotatable bonds is 2. The van der Waals surface area contributed by atoms with Gasteiger partial charge in [-0.2, -0.15) is 0 Å². The van der Waals surface area contributed by atoms with E-state index in [9.17, 15) is 9.18 Å². The molecule has 1 unspecified atom stereocenters. The molecular formula is C13H16FNO2. The highest BCUT2D eigenvalue weighted by atomic mass is 19.1. The molecule has 1 aliphatic rings. The number of benzene rings is 1. The Morgan fingerprint density at radius 2 is 2.24 bits per heavy atom. The van der Waals surface area contributed by atoms with Gasteiger partial charge in [0.2, 0.25) is 0 Å². The van der Waals surface area contributed by atoms with Crippen LogP contribution in [-0.2, 0) is 4.79 Å². The smallest absolute Gasteiger partial charge is 0.145 e. The van der Waals surface area contributed by atoms with Crippen molar-refractivity contribution in [1.29, 1.82) is 0 Å². The number of hydrogen-bond acceptors (Lipinski definition) is 3. The van der Waals surface area contributed by atoms with Gasteiger partial charge in [0.05, 0.1) is 12.8 Å². The fourth-order valence-electron chi connectivity index (χ4n) is 2.25. The molecule has 1 aromatic rings. The first kappa shape index (κ1) is 11.9. The molecule has 0 N–H and O–H groups in total. The standard InChI is InChI=1S/C13H16FNO2/c1-9-7-11(16)5-6-15(9)12-4-3-10(14)8-13(12)17-2/h3-4,8-9H,5-7H2,1-2H3. The minimum absolute atomic E-state index is 0.135. The number of piperidine rings is 1. The highest BCUT2D eigenvalue weighted by molar-refractivity contribution is 5.82. The molecule has 17 heavy (non-hydrogen) atoms. The zero-order valence-corrected chi connectivity index (χ0v) is 10.1. The van der Waals surface area contributed by atoms with Crippen molar-refractivity contribution in [2.75, 3.05) is 18.6 Å². The number of Topliss-reactive ketones (excluding diaryl/α,β-unsaturated/α-hetero) is 1. The molecular weight excluding hydrogens is 221 g/mol. The van der Waals surface area contributed by atoms with E-state index in [0.717, 1.165) is 5.69 Å². The predicted molar refractivity (Wildman–Crippen MR) is 64.0 cm³/mol. The molecule has 1 aromatic carbocycles. The predicted octanol–water partition coefficient (Wildman–Crippen LogP) is 2.39. The second kappa shape index (κ2) is 4.73. The number of carbonyl (C=O) groups is 1. The fourth-order valence-corrected chi connectivity index (χ4v) is 2.25. The summed E-state index contributed by atoms with van der Waals surface area (Å²) in [5, 5.41) is 0. The van der Waals surface area contributed by atoms with Gasteiger partial charge in [0, 0.05) is 31.5 Å². The lowest BCUT2D eigenvalue weighted by Gasteiger charge is -2.35. The zero-order valence-electron chi connectivity index (χ0n) is 10.1. The van der Waals surface area contributed by atoms with Gasteiger partial charge in [-0.1, -0.05) is 0 Å². The SMILES string of the molecule is COc1cc(F)ccc1N1CCC(=O)CC1C. The van der Waals surface area contributed by atoms with Crippen molar-refractivity contribution in [3.05, 3.63) is 24.0 Å². The van der Waals surface area contributed by atoms with Crippen LogP contribution in [0.15, 0.2) is 18.2 Å². The molecule has 2 rings (SSSR count). The average Bonchev–Trinajstić information content (AvgIpc) is 2.30. The van der Waals surface area contributed by atoms with E-state index in [4.69, 9.17) is 4.74 Å². The average molecular weight is 237 g/mol. The third-order valence-electron chi connectivity index (χ3n) is 3.14. The van der Waals surface area contributed by atoms with E-state index in [0.29, 0.717) is 25.1 Å². The van der Waals surface area contributed by atoms with Gasteiger partial charge in [0.25, 0.3) is 0 Å². The Balaban J connectivity index is 2.30. The first-order valence-electron chi connectivity index (χ1n) is 5.73. The van der Waals surface area contributed by atoms with Crippen molar-refractivity contribution >= 4 is 11.5 Å². The van der Waals surface area contributed by atoms with Crippen molar-refractivity contribution < 1.29 is 13.9 Å². The minimum Gasteiger partial charge on any atom is -0.494 e. The number of halogens is 1. The van der Waals surface area contributed by atoms with Crippen LogP contribution in [-0.4, -0.2) is 25.5 Å². The van der Waals surface area contributed by atoms with E-state index in [2.05, 4.69) is 4.90 Å². The molecule has 92 valence electrons. The molecule has 1 saturated heterocycles. The van der Waals surface area contributed by atoms with Gasteiger partial charge in [-0.25, -0.2) is 4.39 Å². The molecule has 0 aromatic heterocycles. The van der Waals surface area contributed by atoms with E-state index in [-0.39, 0.29) is 17.6 Å². The molecule has 0 radical (unpaired) electrons. The quantitative estimate of drug-likeness (QED) is 0.791. The molecule has 0 amide bonds. The van der Waals surface area contributed by atoms with E-state index in [1.165, 1.54) is 19.2 Å². The molecule has 1 fully saturated rings. The van der Waals surface area contributed by atoms with Gasteiger partial charge in [-0.15, -0.1) is 0 Å². The maximum absolute atomic E-state index is 13.1. The molecule has 3 nitrogen and oxygen atoms in total. The number of ether oxygens (including phenoxy) is 1. The van der Waals surface area contributed by atoms with E-state index >= 15 is 0 Å². The Bertz CT molecular complexity index is 433. The number of carbonyl (C=O) groups excluding carboxylic acids is 1. The van der Waals surface area contributed by atoms with Crippen LogP contribution in [0.1, 0.15) is 19.8 Å². The van der Waals surface area contributed by atoms with Gasteiger partial charge in [-0.05, 0) is 19.1 Å². The lowest BCUT2D eigenvalue weighted by atomic mass is 10.0. The maximum Gasteiger partial charge on any atom is 0.145 e. The number of methoxy groups -OCH3 is 1. The second-order valence-corrected chi connectivity index (χ2v) is 4.35. The van der Waals surface area contributed by atoms with Crippen LogP contribution in [0.25, 0.3) is 0 Å². The Morgan fingerprint density at radius 3 is 2.88 bits per heavy atom. The fraction of sp³-hybridized carbons (Fsp3) is 0.462. The Labute approximate surface area is 100 Å². The summed E-state index contributed by atoms with van der Waals surface area (Å²) in [4.78, 5) is 13.4. The van der Waals surface area contributed by atoms with Crippen molar-refractivity contribution in [3.8, 4) is 5.75 Å². The Kier molecular flexibility index (Phi) is 3.31. The van der Waals surface area contributed by atoms with E-state index in [1.807, 2.05) is 6.92 Å². The highest BCUT2D eigenvalue weighted by Crippen LogP contribution is 2.32. The topological polar surface area (TPSA) is 29.5 Å². The summed E-state index contributed by atoms with van der Waals surface area (Å²) in [6.45, 7) is 2.67. The summed E-state index contributed by atoms with van der Waals surface area (Å²) in [5.74, 6) is 0.493. The van der Waals surface area contributed by atoms with Crippen LogP contribution in [0.2, 0.25) is 0 Å². The first-order valence-corrected chi connectivity index (χ1v) is 5.73. The summed E-state index contributed by atoms with van der Waals surface area (Å²) in [6.07, 6.45) is 1.09. The van der Waals surface area contributed by atoms with E-state index in [1.54, 1.807) is 6.07 Å². The van der Waals surface area contributed by atoms with Crippen LogP contribution in [0.3, 0.4) is 0 Å². The highest BCUT2D eigenvalue weighted by Gasteiger charge is 2.25. The molecule has 1 atom stereocenters. The van der Waals surface area contributed by atoms with Gasteiger partial charge >= 0.3 is 0 Å². The van der Waals surface area contributed by atoms with Crippen LogP contribution >= 0.6 is 0 Å². The van der Waals surface area contributed by atoms with Gasteiger partial charge in [0.1, 0.15) is 17.3 Å². The van der Waals surface area contributed by atoms with Gasteiger partial charge in [-0.3, -0.25) is 4.79 Å². The largest absolute Gasteiger partial charge is 0.494 e. The summed E-state index contributed by atoms with van der Waals surface area (Å²) in [6, 6.07) is 4.63. The van der Waals surface area contributed by atoms with Crippen molar-refractivity contribution in [2.24, 2.45) is 0 Å². The van der Waals surface area contributed by atoms with Crippen molar-refractivity contribution in [3.63, 3.8) is 0 Å². The van der Waals surface area contributed by atoms with Gasteiger partial charge in [0.15, 0.2) is 0 Å². The Hall–Kier alpha value is -1.58. The molecule has 0 spiro atoms. The van der Waals surface area contributed by atoms with Crippen LogP contribution < -0.4 is 9.64 Å². The second-order valence-electron chi connectivity index (χ2n) is 4.35. The number of hydrogen-bond donors (Lipinski definition) is 0. The monoisotopic (exact) mass is 237 g/mol. The molecule has 0 bridgehead atoms. The molecule has 1 heterocycles. The minimum atomic E-state index is -0.314. The maximum atomic E-state index is 13.1. The van der Waals surface area contributed by atoms with Crippen LogP contribution in [0.5, 0.6) is 5.75 Å². The number of ketones is 1. The van der Waals surface area contributed by atoms with Crippen molar-refractivity contribution in [1.82, 2.24) is 0 Å². The third kappa shape index (κ3) is 2.40. The third-order valence-corrected chi connectivity index (χ3v) is 3.14. The summed E-state index contributed by atoms with van der Waals surface area (Å²) >= 11 is 0. The number of nitrogens with zero attached hydrogens (tertiary/aromatic N) is 1. The van der Waals surface area contributed by atoms with Crippen LogP contribution in [0.4, 0.5) is 10.1 Å². The lowest BCUT2D eigenvalue weighted by molar-refractivity contribution is -0.120. The number of anilines is 1. The summed E-state index contributed by atoms with van der Waals surface area (Å²) in [5.41, 5.74) is 0.855. The van der Waals surface area contributed by atoms with E-state index < -0.39 is 0 Å².